The van der Waals surface area contributed by atoms with Crippen molar-refractivity contribution in [1.82, 2.24) is 15.0 Å². The molecule has 0 amide bonds. The number of nitrogens with zero attached hydrogens (tertiary/aromatic N) is 3. The molecule has 0 bridgehead atoms. The summed E-state index contributed by atoms with van der Waals surface area (Å²) >= 11 is 1.77. The molecule has 0 saturated heterocycles. The Balaban J connectivity index is 1.03. The number of furan rings is 1. The van der Waals surface area contributed by atoms with Gasteiger partial charge < -0.3 is 4.42 Å². The molecule has 0 aliphatic carbocycles. The third-order valence-corrected chi connectivity index (χ3v) is 12.3. The lowest BCUT2D eigenvalue weighted by Gasteiger charge is -2.12. The highest BCUT2D eigenvalue weighted by Crippen LogP contribution is 2.42. The lowest BCUT2D eigenvalue weighted by Crippen LogP contribution is -2.00. The predicted octanol–water partition coefficient (Wildman–Crippen LogP) is 14.3. The Labute approximate surface area is 325 Å². The zero-order valence-corrected chi connectivity index (χ0v) is 30.7. The summed E-state index contributed by atoms with van der Waals surface area (Å²) in [7, 11) is 0. The van der Waals surface area contributed by atoms with Crippen LogP contribution in [0.3, 0.4) is 0 Å². The summed E-state index contributed by atoms with van der Waals surface area (Å²) in [5.74, 6) is 1.83. The van der Waals surface area contributed by atoms with Crippen molar-refractivity contribution in [2.24, 2.45) is 0 Å². The smallest absolute Gasteiger partial charge is 0.167 e. The van der Waals surface area contributed by atoms with E-state index in [0.29, 0.717) is 17.5 Å². The Morgan fingerprint density at radius 3 is 1.62 bits per heavy atom. The molecule has 4 nitrogen and oxygen atoms in total. The lowest BCUT2D eigenvalue weighted by molar-refractivity contribution is 0.669. The minimum Gasteiger partial charge on any atom is -0.455 e. The molecule has 0 aliphatic heterocycles. The Kier molecular flexibility index (Phi) is 6.76. The molecule has 0 unspecified atom stereocenters. The van der Waals surface area contributed by atoms with E-state index in [4.69, 9.17) is 19.4 Å². The van der Waals surface area contributed by atoms with Gasteiger partial charge in [-0.15, -0.1) is 11.3 Å². The van der Waals surface area contributed by atoms with Crippen LogP contribution in [0.2, 0.25) is 0 Å². The molecule has 0 radical (unpaired) electrons. The van der Waals surface area contributed by atoms with Crippen LogP contribution in [0.15, 0.2) is 180 Å². The Bertz CT molecular complexity index is 3510. The van der Waals surface area contributed by atoms with E-state index < -0.39 is 0 Å². The number of aromatic nitrogens is 3. The van der Waals surface area contributed by atoms with Crippen molar-refractivity contribution >= 4 is 85.8 Å². The maximum atomic E-state index is 6.82. The molecular weight excluding hydrogens is 703 g/mol. The van der Waals surface area contributed by atoms with Crippen molar-refractivity contribution in [2.45, 2.75) is 0 Å². The van der Waals surface area contributed by atoms with Gasteiger partial charge in [-0.2, -0.15) is 0 Å². The fraction of sp³-hybridized carbons (Fsp3) is 0. The fourth-order valence-electron chi connectivity index (χ4n) is 8.50. The van der Waals surface area contributed by atoms with Crippen LogP contribution in [0.4, 0.5) is 0 Å². The second kappa shape index (κ2) is 12.2. The highest BCUT2D eigenvalue weighted by atomic mass is 32.1. The van der Waals surface area contributed by atoms with Gasteiger partial charge in [0.1, 0.15) is 11.2 Å². The molecule has 3 heterocycles. The van der Waals surface area contributed by atoms with Crippen LogP contribution in [0.1, 0.15) is 0 Å². The molecule has 5 heteroatoms. The van der Waals surface area contributed by atoms with E-state index in [1.54, 1.807) is 11.3 Å². The molecule has 0 atom stereocenters. The summed E-state index contributed by atoms with van der Waals surface area (Å²) in [6.07, 6.45) is 0. The van der Waals surface area contributed by atoms with Gasteiger partial charge in [-0.1, -0.05) is 140 Å². The van der Waals surface area contributed by atoms with Crippen molar-refractivity contribution in [3.8, 4) is 45.3 Å². The lowest BCUT2D eigenvalue weighted by atomic mass is 9.92. The average molecular weight is 732 g/mol. The summed E-state index contributed by atoms with van der Waals surface area (Å²) in [6.45, 7) is 0. The normalized spacial score (nSPS) is 11.9. The number of thiophene rings is 1. The summed E-state index contributed by atoms with van der Waals surface area (Å²) in [4.78, 5) is 15.4. The first-order valence-corrected chi connectivity index (χ1v) is 19.6. The zero-order valence-electron chi connectivity index (χ0n) is 29.9. The number of para-hydroxylation sites is 1. The van der Waals surface area contributed by atoms with Crippen LogP contribution in [0.5, 0.6) is 0 Å². The minimum absolute atomic E-state index is 0.575. The molecule has 3 aromatic heterocycles. The Hall–Kier alpha value is -7.21. The molecule has 12 aromatic rings. The zero-order chi connectivity index (χ0) is 36.7. The minimum atomic E-state index is 0.575. The van der Waals surface area contributed by atoms with Gasteiger partial charge in [-0.05, 0) is 79.8 Å². The van der Waals surface area contributed by atoms with E-state index in [1.165, 1.54) is 47.8 Å². The van der Waals surface area contributed by atoms with Crippen molar-refractivity contribution in [3.63, 3.8) is 0 Å². The van der Waals surface area contributed by atoms with E-state index in [0.717, 1.165) is 54.5 Å². The maximum Gasteiger partial charge on any atom is 0.167 e. The first kappa shape index (κ1) is 31.2. The largest absolute Gasteiger partial charge is 0.455 e. The van der Waals surface area contributed by atoms with E-state index in [2.05, 4.69) is 146 Å². The van der Waals surface area contributed by atoms with E-state index in [1.807, 2.05) is 30.3 Å². The number of rotatable bonds is 4. The quantitative estimate of drug-likeness (QED) is 0.169. The molecular formula is C51H29N3OS. The Morgan fingerprint density at radius 1 is 0.339 bits per heavy atom. The first-order chi connectivity index (χ1) is 27.7. The van der Waals surface area contributed by atoms with E-state index in [-0.39, 0.29) is 0 Å². The fourth-order valence-corrected chi connectivity index (χ4v) is 9.71. The number of hydrogen-bond acceptors (Lipinski definition) is 5. The van der Waals surface area contributed by atoms with Crippen molar-refractivity contribution in [1.29, 1.82) is 0 Å². The first-order valence-electron chi connectivity index (χ1n) is 18.8. The maximum absolute atomic E-state index is 6.82. The van der Waals surface area contributed by atoms with Gasteiger partial charge in [0.15, 0.2) is 17.5 Å². The second-order valence-corrected chi connectivity index (χ2v) is 15.4. The topological polar surface area (TPSA) is 51.8 Å². The highest BCUT2D eigenvalue weighted by Gasteiger charge is 2.20. The van der Waals surface area contributed by atoms with Crippen molar-refractivity contribution in [3.05, 3.63) is 176 Å². The van der Waals surface area contributed by atoms with Crippen LogP contribution in [0.25, 0.3) is 120 Å². The van der Waals surface area contributed by atoms with Gasteiger partial charge in [0, 0.05) is 42.1 Å². The summed E-state index contributed by atoms with van der Waals surface area (Å²) in [6, 6.07) is 62.1. The third-order valence-electron chi connectivity index (χ3n) is 11.1. The second-order valence-electron chi connectivity index (χ2n) is 14.3. The predicted molar refractivity (Wildman–Crippen MR) is 234 cm³/mol. The van der Waals surface area contributed by atoms with Crippen LogP contribution in [0, 0.1) is 0 Å². The van der Waals surface area contributed by atoms with Crippen LogP contribution in [-0.2, 0) is 0 Å². The summed E-state index contributed by atoms with van der Waals surface area (Å²) in [5.41, 5.74) is 6.56. The van der Waals surface area contributed by atoms with Gasteiger partial charge in [0.25, 0.3) is 0 Å². The molecule has 260 valence electrons. The summed E-state index contributed by atoms with van der Waals surface area (Å²) in [5, 5.41) is 12.1. The number of benzene rings is 9. The number of hydrogen-bond donors (Lipinski definition) is 0. The third kappa shape index (κ3) is 4.75. The number of fused-ring (bicyclic) bond motifs is 12. The molecule has 9 aromatic carbocycles. The van der Waals surface area contributed by atoms with Gasteiger partial charge in [-0.3, -0.25) is 0 Å². The van der Waals surface area contributed by atoms with E-state index >= 15 is 0 Å². The van der Waals surface area contributed by atoms with Crippen molar-refractivity contribution < 1.29 is 4.42 Å². The molecule has 56 heavy (non-hydrogen) atoms. The molecule has 12 rings (SSSR count). The standard InChI is InChI=1S/C51H29N3OS/c1-2-12-30(13-3-1)49-52-50(54-51(53-49)43-22-11-20-41-39-18-8-9-23-46(39)56-48(41)43)42-21-10-19-40-38-27-25-32(29-45(38)55-47(40)42)31-24-26-37-35-16-5-4-14-33(35)34-15-6-7-17-36(34)44(37)28-31/h1-29H. The molecule has 0 N–H and O–H groups in total. The van der Waals surface area contributed by atoms with Crippen LogP contribution >= 0.6 is 11.3 Å². The van der Waals surface area contributed by atoms with Crippen LogP contribution < -0.4 is 0 Å². The highest BCUT2D eigenvalue weighted by molar-refractivity contribution is 7.26. The van der Waals surface area contributed by atoms with Gasteiger partial charge >= 0.3 is 0 Å². The molecule has 0 saturated carbocycles. The SMILES string of the molecule is c1ccc(-c2nc(-c3cccc4c3oc3cc(-c5ccc6c7ccccc7c7ccccc7c6c5)ccc34)nc(-c3cccc4c3sc3ccccc34)n2)cc1. The van der Waals surface area contributed by atoms with Crippen LogP contribution in [-0.4, -0.2) is 15.0 Å². The average Bonchev–Trinajstić information content (AvgIpc) is 3.85. The Morgan fingerprint density at radius 2 is 0.875 bits per heavy atom. The van der Waals surface area contributed by atoms with Gasteiger partial charge in [-0.25, -0.2) is 15.0 Å². The molecule has 0 spiro atoms. The van der Waals surface area contributed by atoms with E-state index in [9.17, 15) is 0 Å². The van der Waals surface area contributed by atoms with Gasteiger partial charge in [0.2, 0.25) is 0 Å². The monoisotopic (exact) mass is 731 g/mol. The molecule has 0 aliphatic rings. The van der Waals surface area contributed by atoms with Crippen molar-refractivity contribution in [2.75, 3.05) is 0 Å². The summed E-state index contributed by atoms with van der Waals surface area (Å²) < 4.78 is 9.22. The molecule has 0 fully saturated rings. The van der Waals surface area contributed by atoms with Gasteiger partial charge in [0.05, 0.1) is 5.56 Å².